The van der Waals surface area contributed by atoms with Crippen molar-refractivity contribution in [1.82, 2.24) is 0 Å². The standard InChI is InChI=1S/C7H15O.Al.2H/c1-5(2)7(8)6(3)4;;;/h5-7H,1-4H3;;;/q-1;+1;;. The molecule has 0 rings (SSSR count). The molecule has 0 saturated heterocycles. The van der Waals surface area contributed by atoms with Crippen LogP contribution in [-0.2, 0) is 3.79 Å². The predicted molar refractivity (Wildman–Crippen MR) is 43.1 cm³/mol. The summed E-state index contributed by atoms with van der Waals surface area (Å²) in [5.74, 6) is 1.34. The highest BCUT2D eigenvalue weighted by Gasteiger charge is 2.13. The second-order valence-corrected chi connectivity index (χ2v) is 3.66. The van der Waals surface area contributed by atoms with Crippen molar-refractivity contribution >= 4 is 16.6 Å². The Morgan fingerprint density at radius 2 is 1.33 bits per heavy atom. The van der Waals surface area contributed by atoms with E-state index in [1.165, 1.54) is 0 Å². The average Bonchev–Trinajstić information content (AvgIpc) is 1.64. The molecule has 0 heterocycles. The first-order chi connectivity index (χ1) is 4.09. The van der Waals surface area contributed by atoms with E-state index in [0.29, 0.717) is 17.9 Å². The smallest absolute Gasteiger partial charge is 0.410 e. The lowest BCUT2D eigenvalue weighted by Gasteiger charge is -2.24. The molecule has 54 valence electrons. The highest BCUT2D eigenvalue weighted by Crippen LogP contribution is 2.13. The summed E-state index contributed by atoms with van der Waals surface area (Å²) in [7, 11) is 0. The van der Waals surface area contributed by atoms with Crippen LogP contribution >= 0.6 is 0 Å². The van der Waals surface area contributed by atoms with Gasteiger partial charge in [0.05, 0.1) is 0 Å². The van der Waals surface area contributed by atoms with Crippen LogP contribution < -0.4 is 0 Å². The van der Waals surface area contributed by atoms with Gasteiger partial charge in [0.2, 0.25) is 0 Å². The average molecular weight is 144 g/mol. The molecule has 0 atom stereocenters. The SMILES string of the molecule is CC(C)C([O][AlH2])C(C)C. The molecule has 0 spiro atoms. The molecule has 0 aliphatic heterocycles. The zero-order valence-corrected chi connectivity index (χ0v) is 9.14. The summed E-state index contributed by atoms with van der Waals surface area (Å²) in [6.45, 7) is 8.84. The fraction of sp³-hybridized carbons (Fsp3) is 1.00. The van der Waals surface area contributed by atoms with E-state index in [1.54, 1.807) is 0 Å². The monoisotopic (exact) mass is 144 g/mol. The van der Waals surface area contributed by atoms with Gasteiger partial charge >= 0.3 is 16.6 Å². The van der Waals surface area contributed by atoms with Crippen molar-refractivity contribution in [3.63, 3.8) is 0 Å². The predicted octanol–water partition coefficient (Wildman–Crippen LogP) is 1.23. The molecule has 2 heteroatoms. The molecule has 0 amide bonds. The molecule has 0 aromatic rings. The van der Waals surface area contributed by atoms with Gasteiger partial charge in [0, 0.05) is 6.10 Å². The summed E-state index contributed by atoms with van der Waals surface area (Å²) in [6.07, 6.45) is 0.483. The molecular formula is C7H17AlO. The van der Waals surface area contributed by atoms with Crippen molar-refractivity contribution in [2.24, 2.45) is 11.8 Å². The molecule has 0 fully saturated rings. The van der Waals surface area contributed by atoms with Gasteiger partial charge in [-0.25, -0.2) is 0 Å². The topological polar surface area (TPSA) is 9.23 Å². The van der Waals surface area contributed by atoms with Gasteiger partial charge in [-0.3, -0.25) is 0 Å². The van der Waals surface area contributed by atoms with Gasteiger partial charge in [-0.2, -0.15) is 0 Å². The van der Waals surface area contributed by atoms with E-state index in [2.05, 4.69) is 27.7 Å². The summed E-state index contributed by atoms with van der Waals surface area (Å²) in [5.41, 5.74) is 0. The van der Waals surface area contributed by atoms with Crippen molar-refractivity contribution in [1.29, 1.82) is 0 Å². The molecule has 0 aliphatic carbocycles. The maximum Gasteiger partial charge on any atom is 0.410 e. The molecule has 0 unspecified atom stereocenters. The Bertz CT molecular complexity index is 63.3. The van der Waals surface area contributed by atoms with Crippen LogP contribution in [0, 0.1) is 11.8 Å². The molecule has 0 bridgehead atoms. The third-order valence-corrected chi connectivity index (χ3v) is 2.13. The van der Waals surface area contributed by atoms with Gasteiger partial charge in [-0.1, -0.05) is 27.7 Å². The highest BCUT2D eigenvalue weighted by molar-refractivity contribution is 5.98. The van der Waals surface area contributed by atoms with Crippen LogP contribution in [0.1, 0.15) is 27.7 Å². The summed E-state index contributed by atoms with van der Waals surface area (Å²) < 4.78 is 5.41. The van der Waals surface area contributed by atoms with Gasteiger partial charge in [0.15, 0.2) is 0 Å². The largest absolute Gasteiger partial charge is 0.503 e. The molecule has 0 N–H and O–H groups in total. The minimum atomic E-state index is 0.483. The maximum absolute atomic E-state index is 5.41. The van der Waals surface area contributed by atoms with Gasteiger partial charge in [-0.15, -0.1) is 0 Å². The van der Waals surface area contributed by atoms with Crippen molar-refractivity contribution in [2.45, 2.75) is 33.8 Å². The van der Waals surface area contributed by atoms with Crippen LogP contribution in [0.25, 0.3) is 0 Å². The third kappa shape index (κ3) is 3.25. The van der Waals surface area contributed by atoms with Crippen molar-refractivity contribution in [3.8, 4) is 0 Å². The maximum atomic E-state index is 5.41. The normalized spacial score (nSPS) is 11.9. The Kier molecular flexibility index (Phi) is 4.57. The first-order valence-corrected chi connectivity index (χ1v) is 4.44. The second-order valence-electron chi connectivity index (χ2n) is 3.19. The van der Waals surface area contributed by atoms with Crippen LogP contribution in [0.2, 0.25) is 0 Å². The van der Waals surface area contributed by atoms with Gasteiger partial charge < -0.3 is 3.79 Å². The molecule has 0 saturated carbocycles. The van der Waals surface area contributed by atoms with Crippen molar-refractivity contribution < 1.29 is 3.79 Å². The number of hydrogen-bond acceptors (Lipinski definition) is 1. The molecule has 1 nitrogen and oxygen atoms in total. The Labute approximate surface area is 66.5 Å². The minimum Gasteiger partial charge on any atom is -0.503 e. The van der Waals surface area contributed by atoms with Crippen LogP contribution in [0.5, 0.6) is 0 Å². The van der Waals surface area contributed by atoms with E-state index in [0.717, 1.165) is 16.6 Å². The molecule has 0 aliphatic rings. The fourth-order valence-electron chi connectivity index (χ4n) is 1.31. The van der Waals surface area contributed by atoms with E-state index in [4.69, 9.17) is 3.79 Å². The Balaban J connectivity index is 3.68. The van der Waals surface area contributed by atoms with E-state index < -0.39 is 0 Å². The highest BCUT2D eigenvalue weighted by atomic mass is 27.1. The van der Waals surface area contributed by atoms with Gasteiger partial charge in [0.25, 0.3) is 0 Å². The van der Waals surface area contributed by atoms with E-state index in [-0.39, 0.29) is 0 Å². The third-order valence-electron chi connectivity index (χ3n) is 1.59. The number of rotatable bonds is 3. The van der Waals surface area contributed by atoms with Crippen LogP contribution in [-0.4, -0.2) is 22.7 Å². The lowest BCUT2D eigenvalue weighted by molar-refractivity contribution is 0.117. The molecule has 0 aromatic heterocycles. The lowest BCUT2D eigenvalue weighted by Crippen LogP contribution is -2.24. The summed E-state index contributed by atoms with van der Waals surface area (Å²) in [5, 5.41) is 0. The zero-order valence-electron chi connectivity index (χ0n) is 7.14. The molecular weight excluding hydrogens is 127 g/mol. The van der Waals surface area contributed by atoms with Crippen molar-refractivity contribution in [2.75, 3.05) is 0 Å². The number of hydrogen-bond donors (Lipinski definition) is 0. The van der Waals surface area contributed by atoms with E-state index in [1.807, 2.05) is 0 Å². The van der Waals surface area contributed by atoms with Gasteiger partial charge in [-0.05, 0) is 11.8 Å². The quantitative estimate of drug-likeness (QED) is 0.541. The Morgan fingerprint density at radius 1 is 1.00 bits per heavy atom. The summed E-state index contributed by atoms with van der Waals surface area (Å²) in [4.78, 5) is 0. The van der Waals surface area contributed by atoms with Gasteiger partial charge in [0.1, 0.15) is 0 Å². The minimum absolute atomic E-state index is 0.483. The molecule has 0 aromatic carbocycles. The van der Waals surface area contributed by atoms with E-state index in [9.17, 15) is 0 Å². The lowest BCUT2D eigenvalue weighted by atomic mass is 9.97. The zero-order chi connectivity index (χ0) is 7.44. The Morgan fingerprint density at radius 3 is 1.33 bits per heavy atom. The molecule has 0 radical (unpaired) electrons. The van der Waals surface area contributed by atoms with E-state index >= 15 is 0 Å². The van der Waals surface area contributed by atoms with Crippen LogP contribution in [0.15, 0.2) is 0 Å². The Hall–Kier alpha value is 0.492. The first-order valence-electron chi connectivity index (χ1n) is 3.62. The van der Waals surface area contributed by atoms with Crippen LogP contribution in [0.4, 0.5) is 0 Å². The van der Waals surface area contributed by atoms with Crippen LogP contribution in [0.3, 0.4) is 0 Å². The van der Waals surface area contributed by atoms with Crippen molar-refractivity contribution in [3.05, 3.63) is 0 Å². The summed E-state index contributed by atoms with van der Waals surface area (Å²) >= 11 is 0.868. The molecule has 9 heavy (non-hydrogen) atoms. The summed E-state index contributed by atoms with van der Waals surface area (Å²) in [6, 6.07) is 0. The first kappa shape index (κ1) is 9.49. The fourth-order valence-corrected chi connectivity index (χ4v) is 2.40. The second kappa shape index (κ2) is 4.33.